The Hall–Kier alpha value is -3.98. The molecule has 0 aliphatic carbocycles. The number of hydrogen-bond donors (Lipinski definition) is 1. The number of carbonyl (C=O) groups is 2. The normalized spacial score (nSPS) is 10.7. The molecule has 32 heavy (non-hydrogen) atoms. The van der Waals surface area contributed by atoms with Gasteiger partial charge >= 0.3 is 0 Å². The second kappa shape index (κ2) is 10.4. The van der Waals surface area contributed by atoms with Gasteiger partial charge in [-0.3, -0.25) is 24.6 Å². The SMILES string of the molecule is CNC(=O)c1ccc(CN(CC(=O)N(C)c2ccc([N+](=O)[O-])cc2)Cc2ccco2)cc1. The smallest absolute Gasteiger partial charge is 0.269 e. The van der Waals surface area contributed by atoms with Crippen molar-refractivity contribution in [2.75, 3.05) is 25.5 Å². The molecule has 9 nitrogen and oxygen atoms in total. The van der Waals surface area contributed by atoms with Crippen LogP contribution in [0.1, 0.15) is 21.7 Å². The van der Waals surface area contributed by atoms with E-state index in [1.54, 1.807) is 50.7 Å². The molecule has 1 N–H and O–H groups in total. The van der Waals surface area contributed by atoms with Crippen LogP contribution in [-0.2, 0) is 17.9 Å². The number of anilines is 1. The van der Waals surface area contributed by atoms with Gasteiger partial charge in [0.15, 0.2) is 0 Å². The maximum Gasteiger partial charge on any atom is 0.269 e. The quantitative estimate of drug-likeness (QED) is 0.408. The minimum absolute atomic E-state index is 0.0331. The Balaban J connectivity index is 1.72. The Morgan fingerprint density at radius 1 is 1.03 bits per heavy atom. The highest BCUT2D eigenvalue weighted by Gasteiger charge is 2.18. The van der Waals surface area contributed by atoms with Crippen molar-refractivity contribution in [2.24, 2.45) is 0 Å². The molecule has 0 atom stereocenters. The number of rotatable bonds is 9. The van der Waals surface area contributed by atoms with Crippen molar-refractivity contribution in [2.45, 2.75) is 13.1 Å². The van der Waals surface area contributed by atoms with Crippen LogP contribution < -0.4 is 10.2 Å². The summed E-state index contributed by atoms with van der Waals surface area (Å²) in [6.07, 6.45) is 1.58. The summed E-state index contributed by atoms with van der Waals surface area (Å²) in [5.74, 6) is 0.383. The first-order chi connectivity index (χ1) is 15.4. The zero-order valence-electron chi connectivity index (χ0n) is 17.9. The zero-order chi connectivity index (χ0) is 23.1. The van der Waals surface area contributed by atoms with Crippen LogP contribution in [0.5, 0.6) is 0 Å². The summed E-state index contributed by atoms with van der Waals surface area (Å²) in [7, 11) is 3.21. The van der Waals surface area contributed by atoms with Crippen molar-refractivity contribution < 1.29 is 18.9 Å². The topological polar surface area (TPSA) is 109 Å². The monoisotopic (exact) mass is 436 g/mol. The maximum absolute atomic E-state index is 12.9. The van der Waals surface area contributed by atoms with Crippen LogP contribution in [0.4, 0.5) is 11.4 Å². The van der Waals surface area contributed by atoms with E-state index in [4.69, 9.17) is 4.42 Å². The number of furan rings is 1. The average molecular weight is 436 g/mol. The second-order valence-electron chi connectivity index (χ2n) is 7.23. The number of benzene rings is 2. The van der Waals surface area contributed by atoms with E-state index >= 15 is 0 Å². The fraction of sp³-hybridized carbons (Fsp3) is 0.217. The summed E-state index contributed by atoms with van der Waals surface area (Å²) >= 11 is 0. The Labute approximate surface area is 185 Å². The number of carbonyl (C=O) groups excluding carboxylic acids is 2. The molecule has 0 unspecified atom stereocenters. The van der Waals surface area contributed by atoms with Crippen molar-refractivity contribution in [3.8, 4) is 0 Å². The van der Waals surface area contributed by atoms with Crippen molar-refractivity contribution in [1.82, 2.24) is 10.2 Å². The highest BCUT2D eigenvalue weighted by Crippen LogP contribution is 2.19. The third kappa shape index (κ3) is 5.79. The fourth-order valence-corrected chi connectivity index (χ4v) is 3.19. The molecule has 0 bridgehead atoms. The summed E-state index contributed by atoms with van der Waals surface area (Å²) in [5.41, 5.74) is 2.03. The minimum atomic E-state index is -0.480. The molecule has 0 saturated carbocycles. The van der Waals surface area contributed by atoms with Crippen LogP contribution in [-0.4, -0.2) is 42.3 Å². The number of hydrogen-bond acceptors (Lipinski definition) is 6. The molecule has 0 saturated heterocycles. The van der Waals surface area contributed by atoms with Crippen LogP contribution in [0.25, 0.3) is 0 Å². The minimum Gasteiger partial charge on any atom is -0.468 e. The van der Waals surface area contributed by atoms with Gasteiger partial charge in [0.2, 0.25) is 5.91 Å². The van der Waals surface area contributed by atoms with Gasteiger partial charge in [0, 0.05) is 44.0 Å². The molecule has 3 rings (SSSR count). The molecule has 0 spiro atoms. The number of likely N-dealkylation sites (N-methyl/N-ethyl adjacent to an activating group) is 1. The predicted octanol–water partition coefficient (Wildman–Crippen LogP) is 3.21. The highest BCUT2D eigenvalue weighted by molar-refractivity contribution is 5.94. The Morgan fingerprint density at radius 3 is 2.28 bits per heavy atom. The number of amides is 2. The van der Waals surface area contributed by atoms with Crippen molar-refractivity contribution in [1.29, 1.82) is 0 Å². The van der Waals surface area contributed by atoms with Gasteiger partial charge in [-0.15, -0.1) is 0 Å². The highest BCUT2D eigenvalue weighted by atomic mass is 16.6. The van der Waals surface area contributed by atoms with Gasteiger partial charge in [0.25, 0.3) is 11.6 Å². The standard InChI is InChI=1S/C23H24N4O5/c1-24-23(29)18-7-5-17(6-8-18)14-26(15-21-4-3-13-32-21)16-22(28)25(2)19-9-11-20(12-10-19)27(30)31/h3-13H,14-16H2,1-2H3,(H,24,29). The number of nitro groups is 1. The van der Waals surface area contributed by atoms with E-state index in [1.807, 2.05) is 23.1 Å². The largest absolute Gasteiger partial charge is 0.468 e. The van der Waals surface area contributed by atoms with E-state index < -0.39 is 4.92 Å². The summed E-state index contributed by atoms with van der Waals surface area (Å²) in [5, 5.41) is 13.4. The first kappa shape index (κ1) is 22.7. The Morgan fingerprint density at radius 2 is 1.72 bits per heavy atom. The lowest BCUT2D eigenvalue weighted by Gasteiger charge is -2.24. The van der Waals surface area contributed by atoms with Crippen molar-refractivity contribution in [3.05, 3.63) is 93.9 Å². The Bertz CT molecular complexity index is 1060. The lowest BCUT2D eigenvalue weighted by Crippen LogP contribution is -2.38. The van der Waals surface area contributed by atoms with Crippen LogP contribution in [0.15, 0.2) is 71.3 Å². The summed E-state index contributed by atoms with van der Waals surface area (Å²) in [4.78, 5) is 38.5. The molecular weight excluding hydrogens is 412 g/mol. The molecule has 1 heterocycles. The molecule has 0 aliphatic rings. The van der Waals surface area contributed by atoms with Crippen molar-refractivity contribution in [3.63, 3.8) is 0 Å². The third-order valence-electron chi connectivity index (χ3n) is 4.99. The number of nitrogens with zero attached hydrogens (tertiary/aromatic N) is 3. The molecule has 1 aromatic heterocycles. The number of nitrogens with one attached hydrogen (secondary N) is 1. The Kier molecular flexibility index (Phi) is 7.35. The maximum atomic E-state index is 12.9. The van der Waals surface area contributed by atoms with E-state index in [2.05, 4.69) is 5.32 Å². The van der Waals surface area contributed by atoms with Gasteiger partial charge in [-0.05, 0) is 42.0 Å². The van der Waals surface area contributed by atoms with Crippen LogP contribution in [0.2, 0.25) is 0 Å². The van der Waals surface area contributed by atoms with E-state index in [9.17, 15) is 19.7 Å². The van der Waals surface area contributed by atoms with Gasteiger partial charge in [-0.2, -0.15) is 0 Å². The first-order valence-electron chi connectivity index (χ1n) is 9.94. The molecule has 166 valence electrons. The van der Waals surface area contributed by atoms with Gasteiger partial charge in [0.05, 0.1) is 24.3 Å². The zero-order valence-corrected chi connectivity index (χ0v) is 17.9. The molecule has 2 amide bonds. The van der Waals surface area contributed by atoms with E-state index in [-0.39, 0.29) is 24.0 Å². The second-order valence-corrected chi connectivity index (χ2v) is 7.23. The molecule has 3 aromatic rings. The molecule has 0 fully saturated rings. The van der Waals surface area contributed by atoms with Crippen LogP contribution in [0, 0.1) is 10.1 Å². The van der Waals surface area contributed by atoms with Crippen LogP contribution >= 0.6 is 0 Å². The lowest BCUT2D eigenvalue weighted by molar-refractivity contribution is -0.384. The summed E-state index contributed by atoms with van der Waals surface area (Å²) in [6.45, 7) is 0.990. The first-order valence-corrected chi connectivity index (χ1v) is 9.94. The van der Waals surface area contributed by atoms with E-state index in [1.165, 1.54) is 17.0 Å². The fourth-order valence-electron chi connectivity index (χ4n) is 3.19. The average Bonchev–Trinajstić information content (AvgIpc) is 3.31. The summed E-state index contributed by atoms with van der Waals surface area (Å²) < 4.78 is 5.45. The van der Waals surface area contributed by atoms with Gasteiger partial charge in [-0.1, -0.05) is 12.1 Å². The molecule has 2 aromatic carbocycles. The molecule has 9 heteroatoms. The van der Waals surface area contributed by atoms with Crippen molar-refractivity contribution >= 4 is 23.2 Å². The molecular formula is C23H24N4O5. The van der Waals surface area contributed by atoms with Gasteiger partial charge in [-0.25, -0.2) is 0 Å². The van der Waals surface area contributed by atoms with Crippen LogP contribution in [0.3, 0.4) is 0 Å². The lowest BCUT2D eigenvalue weighted by atomic mass is 10.1. The number of non-ortho nitro benzene ring substituents is 1. The predicted molar refractivity (Wildman–Crippen MR) is 119 cm³/mol. The van der Waals surface area contributed by atoms with Gasteiger partial charge in [0.1, 0.15) is 5.76 Å². The van der Waals surface area contributed by atoms with E-state index in [0.717, 1.165) is 11.3 Å². The number of nitro benzene ring substituents is 1. The van der Waals surface area contributed by atoms with E-state index in [0.29, 0.717) is 24.3 Å². The van der Waals surface area contributed by atoms with Gasteiger partial charge < -0.3 is 14.6 Å². The third-order valence-corrected chi connectivity index (χ3v) is 4.99. The molecule has 0 radical (unpaired) electrons. The molecule has 0 aliphatic heterocycles. The summed E-state index contributed by atoms with van der Waals surface area (Å²) in [6, 6.07) is 16.6.